The fraction of sp³-hybridized carbons (Fsp3) is 0.231. The molecule has 3 aromatic heterocycles. The number of imidazole rings is 1. The molecule has 0 N–H and O–H groups in total. The van der Waals surface area contributed by atoms with E-state index in [-0.39, 0.29) is 11.5 Å². The number of fused-ring (bicyclic) bond motifs is 5. The average Bonchev–Trinajstić information content (AvgIpc) is 3.51. The first-order valence-corrected chi connectivity index (χ1v) is 16.8. The molecule has 1 aliphatic carbocycles. The zero-order valence-corrected chi connectivity index (χ0v) is 28.3. The van der Waals surface area contributed by atoms with E-state index in [9.17, 15) is 0 Å². The van der Waals surface area contributed by atoms with Gasteiger partial charge in [0.1, 0.15) is 0 Å². The summed E-state index contributed by atoms with van der Waals surface area (Å²) >= 11 is 2.48. The van der Waals surface area contributed by atoms with Gasteiger partial charge in [0.05, 0.1) is 0 Å². The molecule has 7 aromatic rings. The Morgan fingerprint density at radius 3 is 2.31 bits per heavy atom. The molecule has 0 saturated heterocycles. The van der Waals surface area contributed by atoms with E-state index in [1.807, 2.05) is 6.20 Å². The summed E-state index contributed by atoms with van der Waals surface area (Å²) in [4.78, 5) is 4.84. The van der Waals surface area contributed by atoms with Crippen LogP contribution in [0, 0.1) is 3.80 Å². The quantitative estimate of drug-likeness (QED) is 0.179. The normalized spacial score (nSPS) is 15.2. The monoisotopic (exact) mass is 771 g/mol. The van der Waals surface area contributed by atoms with Gasteiger partial charge < -0.3 is 0 Å². The SMILES string of the molecule is Cn1[c](=[Pt])n(C2CCCc3ccc(Oc4ccc5c6ccccc6n(-c6cc(C(C)(C)C)ccn6)c5c4)cc32)c2ccccc21. The molecule has 1 atom stereocenters. The van der Waals surface area contributed by atoms with E-state index in [0.29, 0.717) is 0 Å². The first-order chi connectivity index (χ1) is 21.8. The molecule has 0 spiro atoms. The van der Waals surface area contributed by atoms with Gasteiger partial charge in [0, 0.05) is 6.20 Å². The van der Waals surface area contributed by atoms with Crippen molar-refractivity contribution in [3.05, 3.63) is 124 Å². The van der Waals surface area contributed by atoms with Crippen molar-refractivity contribution in [3.8, 4) is 17.3 Å². The van der Waals surface area contributed by atoms with Gasteiger partial charge in [-0.05, 0) is 29.2 Å². The molecule has 0 aliphatic heterocycles. The van der Waals surface area contributed by atoms with E-state index >= 15 is 0 Å². The standard InChI is InChI=1S/C39H36N4O.Pt/c1-39(2,3)27-20-21-40-38(22-27)43-34-12-6-5-11-30(34)31-19-18-29(24-37(31)43)44-28-17-16-26-10-9-15-33(32(26)23-28)42-25-41(4)35-13-7-8-14-36(35)42;/h5-8,11-14,16-24,33H,9-10,15H2,1-4H3;. The average molecular weight is 772 g/mol. The van der Waals surface area contributed by atoms with Crippen molar-refractivity contribution in [1.29, 1.82) is 0 Å². The van der Waals surface area contributed by atoms with Gasteiger partial charge in [0.2, 0.25) is 0 Å². The minimum atomic E-state index is 0.0253. The van der Waals surface area contributed by atoms with Gasteiger partial charge in [-0.25, -0.2) is 4.98 Å². The molecule has 0 amide bonds. The van der Waals surface area contributed by atoms with Gasteiger partial charge >= 0.3 is 196 Å². The molecule has 1 unspecified atom stereocenters. The van der Waals surface area contributed by atoms with Crippen LogP contribution < -0.4 is 4.74 Å². The molecule has 1 aliphatic rings. The van der Waals surface area contributed by atoms with E-state index < -0.39 is 0 Å². The predicted molar refractivity (Wildman–Crippen MR) is 179 cm³/mol. The van der Waals surface area contributed by atoms with E-state index in [4.69, 9.17) is 9.72 Å². The predicted octanol–water partition coefficient (Wildman–Crippen LogP) is 9.57. The van der Waals surface area contributed by atoms with Crippen LogP contribution in [0.3, 0.4) is 0 Å². The van der Waals surface area contributed by atoms with Crippen molar-refractivity contribution in [1.82, 2.24) is 18.7 Å². The third kappa shape index (κ3) is 4.71. The third-order valence-corrected chi connectivity index (χ3v) is 10.7. The summed E-state index contributed by atoms with van der Waals surface area (Å²) in [6.45, 7) is 6.73. The molecule has 3 heterocycles. The number of rotatable bonds is 4. The Balaban J connectivity index is 1.22. The number of hydrogen-bond donors (Lipinski definition) is 0. The van der Waals surface area contributed by atoms with Crippen molar-refractivity contribution in [2.45, 2.75) is 51.5 Å². The van der Waals surface area contributed by atoms with Gasteiger partial charge in [-0.15, -0.1) is 0 Å². The van der Waals surface area contributed by atoms with E-state index in [1.165, 1.54) is 48.7 Å². The van der Waals surface area contributed by atoms with E-state index in [1.54, 1.807) is 0 Å². The van der Waals surface area contributed by atoms with E-state index in [2.05, 4.69) is 158 Å². The number of para-hydroxylation sites is 3. The number of aryl methyl sites for hydroxylation is 2. The van der Waals surface area contributed by atoms with E-state index in [0.717, 1.165) is 41.2 Å². The zero-order valence-electron chi connectivity index (χ0n) is 26.0. The zero-order chi connectivity index (χ0) is 30.9. The Kier molecular flexibility index (Phi) is 6.72. The van der Waals surface area contributed by atoms with Crippen LogP contribution in [0.4, 0.5) is 0 Å². The number of nitrogens with zero attached hydrogens (tertiary/aromatic N) is 4. The molecule has 45 heavy (non-hydrogen) atoms. The first-order valence-electron chi connectivity index (χ1n) is 15.7. The Labute approximate surface area is 274 Å². The third-order valence-electron chi connectivity index (χ3n) is 9.38. The Morgan fingerprint density at radius 2 is 1.49 bits per heavy atom. The summed E-state index contributed by atoms with van der Waals surface area (Å²) in [7, 11) is 2.16. The summed E-state index contributed by atoms with van der Waals surface area (Å²) in [5.74, 6) is 2.61. The minimum absolute atomic E-state index is 0.0253. The van der Waals surface area contributed by atoms with Crippen molar-refractivity contribution in [2.75, 3.05) is 0 Å². The van der Waals surface area contributed by atoms with Gasteiger partial charge in [-0.2, -0.15) is 0 Å². The maximum atomic E-state index is 6.67. The van der Waals surface area contributed by atoms with Crippen molar-refractivity contribution >= 4 is 32.8 Å². The van der Waals surface area contributed by atoms with Crippen molar-refractivity contribution < 1.29 is 24.1 Å². The second-order valence-electron chi connectivity index (χ2n) is 13.2. The number of hydrogen-bond acceptors (Lipinski definition) is 2. The summed E-state index contributed by atoms with van der Waals surface area (Å²) in [6, 6.07) is 35.0. The van der Waals surface area contributed by atoms with Crippen LogP contribution in [-0.2, 0) is 38.2 Å². The van der Waals surface area contributed by atoms with Crippen LogP contribution in [0.5, 0.6) is 11.5 Å². The first kappa shape index (κ1) is 28.3. The second kappa shape index (κ2) is 10.7. The maximum absolute atomic E-state index is 6.67. The van der Waals surface area contributed by atoms with Gasteiger partial charge in [0.25, 0.3) is 0 Å². The Hall–Kier alpha value is -4.21. The van der Waals surface area contributed by atoms with Crippen molar-refractivity contribution in [2.24, 2.45) is 7.05 Å². The number of aromatic nitrogens is 4. The van der Waals surface area contributed by atoms with Crippen LogP contribution in [0.25, 0.3) is 38.7 Å². The van der Waals surface area contributed by atoms with Gasteiger partial charge in [-0.1, -0.05) is 39.0 Å². The summed E-state index contributed by atoms with van der Waals surface area (Å²) in [5.41, 5.74) is 8.81. The fourth-order valence-corrected chi connectivity index (χ4v) is 7.97. The van der Waals surface area contributed by atoms with Gasteiger partial charge in [0.15, 0.2) is 0 Å². The Bertz CT molecular complexity index is 2320. The molecule has 5 nitrogen and oxygen atoms in total. The van der Waals surface area contributed by atoms with Crippen LogP contribution in [0.1, 0.15) is 56.3 Å². The topological polar surface area (TPSA) is 36.9 Å². The molecule has 0 radical (unpaired) electrons. The van der Waals surface area contributed by atoms with Crippen LogP contribution in [0.2, 0.25) is 0 Å². The molecule has 8 rings (SSSR count). The summed E-state index contributed by atoms with van der Waals surface area (Å²) < 4.78 is 15.0. The second-order valence-corrected chi connectivity index (χ2v) is 14.2. The van der Waals surface area contributed by atoms with Gasteiger partial charge in [-0.3, -0.25) is 0 Å². The summed E-state index contributed by atoms with van der Waals surface area (Å²) in [5, 5.41) is 2.40. The molecule has 4 aromatic carbocycles. The Morgan fingerprint density at radius 1 is 0.778 bits per heavy atom. The molecule has 0 fully saturated rings. The number of pyridine rings is 1. The molecular formula is C39H36N4OPt. The summed E-state index contributed by atoms with van der Waals surface area (Å²) in [6.07, 6.45) is 5.31. The fourth-order valence-electron chi connectivity index (χ4n) is 7.07. The number of ether oxygens (including phenoxy) is 1. The molecule has 228 valence electrons. The van der Waals surface area contributed by atoms with Crippen LogP contribution in [-0.4, -0.2) is 18.7 Å². The van der Waals surface area contributed by atoms with Crippen molar-refractivity contribution in [3.63, 3.8) is 0 Å². The molecule has 6 heteroatoms. The van der Waals surface area contributed by atoms with Crippen LogP contribution in [0.15, 0.2) is 103 Å². The molecule has 0 bridgehead atoms. The molecular weight excluding hydrogens is 736 g/mol. The van der Waals surface area contributed by atoms with Crippen LogP contribution >= 0.6 is 0 Å². The molecule has 0 saturated carbocycles. The number of benzene rings is 4.